The fraction of sp³-hybridized carbons (Fsp3) is 0.524. The van der Waals surface area contributed by atoms with E-state index in [4.69, 9.17) is 4.74 Å². The summed E-state index contributed by atoms with van der Waals surface area (Å²) in [4.78, 5) is 53.6. The number of methoxy groups -OCH3 is 1. The van der Waals surface area contributed by atoms with Crippen molar-refractivity contribution >= 4 is 23.8 Å². The van der Waals surface area contributed by atoms with E-state index >= 15 is 0 Å². The third-order valence-electron chi connectivity index (χ3n) is 5.76. The number of urea groups is 1. The molecule has 2 N–H and O–H groups in total. The molecule has 0 aromatic heterocycles. The summed E-state index contributed by atoms with van der Waals surface area (Å²) in [7, 11) is 4.97. The molecule has 2 heterocycles. The molecule has 2 atom stereocenters. The summed E-state index contributed by atoms with van der Waals surface area (Å²) in [6.07, 6.45) is 1.58. The summed E-state index contributed by atoms with van der Waals surface area (Å²) in [6.45, 7) is 2.72. The minimum atomic E-state index is -1.30. The summed E-state index contributed by atoms with van der Waals surface area (Å²) in [6, 6.07) is 6.08. The van der Waals surface area contributed by atoms with Crippen molar-refractivity contribution in [3.8, 4) is 5.75 Å². The van der Waals surface area contributed by atoms with E-state index in [0.29, 0.717) is 24.4 Å². The first kappa shape index (κ1) is 22.5. The topological polar surface area (TPSA) is 111 Å². The molecular formula is C21H29N5O5. The van der Waals surface area contributed by atoms with Gasteiger partial charge in [-0.25, -0.2) is 4.79 Å². The van der Waals surface area contributed by atoms with Crippen molar-refractivity contribution in [2.24, 2.45) is 5.92 Å². The van der Waals surface area contributed by atoms with Crippen LogP contribution < -0.4 is 15.5 Å². The molecule has 0 aliphatic carbocycles. The first-order valence-electron chi connectivity index (χ1n) is 10.2. The van der Waals surface area contributed by atoms with Crippen LogP contribution in [0.2, 0.25) is 0 Å². The molecule has 168 valence electrons. The summed E-state index contributed by atoms with van der Waals surface area (Å²) in [5.41, 5.74) is 1.68. The van der Waals surface area contributed by atoms with E-state index in [2.05, 4.69) is 10.7 Å². The fourth-order valence-electron chi connectivity index (χ4n) is 3.99. The Hall–Kier alpha value is -3.14. The summed E-state index contributed by atoms with van der Waals surface area (Å²) in [5, 5.41) is 3.37. The highest BCUT2D eigenvalue weighted by Gasteiger charge is 2.50. The van der Waals surface area contributed by atoms with E-state index in [-0.39, 0.29) is 18.4 Å². The highest BCUT2D eigenvalue weighted by molar-refractivity contribution is 6.08. The largest absolute Gasteiger partial charge is 0.497 e. The summed E-state index contributed by atoms with van der Waals surface area (Å²) in [5.74, 6) is -0.557. The molecule has 31 heavy (non-hydrogen) atoms. The first-order chi connectivity index (χ1) is 14.7. The van der Waals surface area contributed by atoms with Gasteiger partial charge in [0.05, 0.1) is 19.6 Å². The molecule has 0 spiro atoms. The molecule has 1 aromatic carbocycles. The monoisotopic (exact) mass is 431 g/mol. The van der Waals surface area contributed by atoms with Gasteiger partial charge in [-0.1, -0.05) is 12.1 Å². The van der Waals surface area contributed by atoms with Gasteiger partial charge in [0.15, 0.2) is 0 Å². The van der Waals surface area contributed by atoms with Gasteiger partial charge < -0.3 is 15.0 Å². The van der Waals surface area contributed by atoms with Crippen LogP contribution in [0.15, 0.2) is 24.3 Å². The van der Waals surface area contributed by atoms with Gasteiger partial charge in [-0.05, 0) is 44.0 Å². The van der Waals surface area contributed by atoms with Crippen LogP contribution in [0, 0.1) is 5.92 Å². The van der Waals surface area contributed by atoms with Crippen LogP contribution in [0.4, 0.5) is 4.79 Å². The van der Waals surface area contributed by atoms with Gasteiger partial charge in [0, 0.05) is 20.6 Å². The maximum Gasteiger partial charge on any atom is 0.344 e. The zero-order valence-corrected chi connectivity index (χ0v) is 18.3. The van der Waals surface area contributed by atoms with E-state index in [1.807, 2.05) is 4.90 Å². The van der Waals surface area contributed by atoms with Crippen LogP contribution in [-0.4, -0.2) is 79.4 Å². The van der Waals surface area contributed by atoms with Gasteiger partial charge in [-0.3, -0.25) is 24.7 Å². The molecule has 0 bridgehead atoms. The molecule has 2 saturated heterocycles. The number of amides is 5. The van der Waals surface area contributed by atoms with Gasteiger partial charge in [0.1, 0.15) is 11.3 Å². The molecular weight excluding hydrogens is 402 g/mol. The number of hydrazine groups is 1. The smallest absolute Gasteiger partial charge is 0.344 e. The zero-order chi connectivity index (χ0) is 22.8. The number of carbonyl (C=O) groups excluding carboxylic acids is 4. The summed E-state index contributed by atoms with van der Waals surface area (Å²) >= 11 is 0. The van der Waals surface area contributed by atoms with Crippen molar-refractivity contribution in [2.45, 2.75) is 25.3 Å². The van der Waals surface area contributed by atoms with Crippen molar-refractivity contribution in [1.82, 2.24) is 25.6 Å². The molecule has 5 amide bonds. The SMILES string of the molecule is COc1ccc(C2(C)NC(=O)N(NC(=O)CN3CCCC(C(=O)N(C)C)C3)C2=O)cc1. The van der Waals surface area contributed by atoms with E-state index in [9.17, 15) is 19.2 Å². The minimum absolute atomic E-state index is 0.00643. The van der Waals surface area contributed by atoms with E-state index in [1.165, 1.54) is 7.11 Å². The number of carbonyl (C=O) groups is 4. The average molecular weight is 431 g/mol. The predicted octanol–water partition coefficient (Wildman–Crippen LogP) is 0.294. The second-order valence-corrected chi connectivity index (χ2v) is 8.27. The number of imide groups is 1. The lowest BCUT2D eigenvalue weighted by atomic mass is 9.92. The van der Waals surface area contributed by atoms with Crippen molar-refractivity contribution < 1.29 is 23.9 Å². The van der Waals surface area contributed by atoms with E-state index in [1.54, 1.807) is 50.2 Å². The molecule has 3 rings (SSSR count). The standard InChI is InChI=1S/C21H29N5O5/c1-21(15-7-9-16(31-4)10-8-15)19(29)26(20(30)22-21)23-17(27)13-25-11-5-6-14(12-25)18(28)24(2)3/h7-10,14H,5-6,11-13H2,1-4H3,(H,22,30)(H,23,27). The number of likely N-dealkylation sites (tertiary alicyclic amines) is 1. The average Bonchev–Trinajstić information content (AvgIpc) is 2.97. The Morgan fingerprint density at radius 3 is 2.55 bits per heavy atom. The molecule has 2 aliphatic rings. The highest BCUT2D eigenvalue weighted by atomic mass is 16.5. The van der Waals surface area contributed by atoms with E-state index < -0.39 is 23.4 Å². The predicted molar refractivity (Wildman–Crippen MR) is 112 cm³/mol. The quantitative estimate of drug-likeness (QED) is 0.627. The maximum atomic E-state index is 13.0. The van der Waals surface area contributed by atoms with Crippen molar-refractivity contribution in [2.75, 3.05) is 40.8 Å². The van der Waals surface area contributed by atoms with Gasteiger partial charge in [0.25, 0.3) is 11.8 Å². The Morgan fingerprint density at radius 2 is 1.94 bits per heavy atom. The summed E-state index contributed by atoms with van der Waals surface area (Å²) < 4.78 is 5.13. The molecule has 2 aliphatic heterocycles. The third-order valence-corrected chi connectivity index (χ3v) is 5.76. The lowest BCUT2D eigenvalue weighted by molar-refractivity contribution is -0.140. The van der Waals surface area contributed by atoms with Crippen LogP contribution in [0.3, 0.4) is 0 Å². The molecule has 2 unspecified atom stereocenters. The number of benzene rings is 1. The number of ether oxygens (including phenoxy) is 1. The molecule has 0 radical (unpaired) electrons. The molecule has 10 nitrogen and oxygen atoms in total. The highest BCUT2D eigenvalue weighted by Crippen LogP contribution is 2.29. The number of rotatable bonds is 6. The second-order valence-electron chi connectivity index (χ2n) is 8.27. The number of nitrogens with one attached hydrogen (secondary N) is 2. The van der Waals surface area contributed by atoms with Crippen LogP contribution in [0.25, 0.3) is 0 Å². The Balaban J connectivity index is 1.63. The van der Waals surface area contributed by atoms with Crippen LogP contribution in [0.5, 0.6) is 5.75 Å². The second kappa shape index (κ2) is 8.93. The van der Waals surface area contributed by atoms with Gasteiger partial charge in [-0.15, -0.1) is 0 Å². The number of hydrogen-bond acceptors (Lipinski definition) is 6. The Kier molecular flexibility index (Phi) is 6.49. The molecule has 1 aromatic rings. The van der Waals surface area contributed by atoms with Crippen LogP contribution in [-0.2, 0) is 19.9 Å². The molecule has 2 fully saturated rings. The molecule has 0 saturated carbocycles. The van der Waals surface area contributed by atoms with E-state index in [0.717, 1.165) is 17.9 Å². The van der Waals surface area contributed by atoms with Crippen LogP contribution >= 0.6 is 0 Å². The van der Waals surface area contributed by atoms with Crippen molar-refractivity contribution in [3.05, 3.63) is 29.8 Å². The number of hydrogen-bond donors (Lipinski definition) is 2. The number of nitrogens with zero attached hydrogens (tertiary/aromatic N) is 3. The fourth-order valence-corrected chi connectivity index (χ4v) is 3.99. The number of piperidine rings is 1. The van der Waals surface area contributed by atoms with Gasteiger partial charge in [-0.2, -0.15) is 5.01 Å². The van der Waals surface area contributed by atoms with Crippen molar-refractivity contribution in [1.29, 1.82) is 0 Å². The Bertz CT molecular complexity index is 871. The lowest BCUT2D eigenvalue weighted by Gasteiger charge is -2.32. The van der Waals surface area contributed by atoms with Crippen molar-refractivity contribution in [3.63, 3.8) is 0 Å². The first-order valence-corrected chi connectivity index (χ1v) is 10.2. The lowest BCUT2D eigenvalue weighted by Crippen LogP contribution is -2.52. The van der Waals surface area contributed by atoms with Gasteiger partial charge in [0.2, 0.25) is 5.91 Å². The Labute approximate surface area is 181 Å². The van der Waals surface area contributed by atoms with Gasteiger partial charge >= 0.3 is 6.03 Å². The zero-order valence-electron chi connectivity index (χ0n) is 18.3. The minimum Gasteiger partial charge on any atom is -0.497 e. The van der Waals surface area contributed by atoms with Crippen LogP contribution in [0.1, 0.15) is 25.3 Å². The third kappa shape index (κ3) is 4.63. The normalized spacial score (nSPS) is 24.0. The Morgan fingerprint density at radius 1 is 1.26 bits per heavy atom. The maximum absolute atomic E-state index is 13.0. The molecule has 10 heteroatoms.